The molecule has 0 radical (unpaired) electrons. The largest absolute Gasteiger partial charge is 0.383 e. The van der Waals surface area contributed by atoms with Crippen molar-refractivity contribution >= 4 is 28.3 Å². The van der Waals surface area contributed by atoms with E-state index in [0.717, 1.165) is 35.1 Å². The molecule has 5 nitrogen and oxygen atoms in total. The molecule has 5 heteroatoms. The molecule has 1 atom stereocenters. The van der Waals surface area contributed by atoms with E-state index in [1.807, 2.05) is 47.4 Å². The number of amides is 1. The summed E-state index contributed by atoms with van der Waals surface area (Å²) in [6, 6.07) is 15.9. The van der Waals surface area contributed by atoms with Gasteiger partial charge in [0.15, 0.2) is 0 Å². The Morgan fingerprint density at radius 1 is 1.12 bits per heavy atom. The molecule has 0 spiro atoms. The van der Waals surface area contributed by atoms with Crippen LogP contribution >= 0.6 is 0 Å². The molecule has 4 rings (SSSR count). The number of hydrogen-bond donors (Lipinski definition) is 1. The first-order valence-corrected chi connectivity index (χ1v) is 8.05. The number of carbonyl (C=O) groups is 1. The van der Waals surface area contributed by atoms with Crippen LogP contribution in [0.5, 0.6) is 0 Å². The fourth-order valence-corrected chi connectivity index (χ4v) is 3.36. The van der Waals surface area contributed by atoms with Crippen molar-refractivity contribution in [2.75, 3.05) is 17.2 Å². The molecule has 1 unspecified atom stereocenters. The smallest absolute Gasteiger partial charge is 0.227 e. The number of hydrogen-bond acceptors (Lipinski definition) is 4. The van der Waals surface area contributed by atoms with Crippen LogP contribution in [0.1, 0.15) is 12.0 Å². The number of fused-ring (bicyclic) bond motifs is 1. The number of carbonyl (C=O) groups excluding carboxylic acids is 1. The molecule has 0 bridgehead atoms. The molecule has 2 N–H and O–H groups in total. The molecule has 24 heavy (non-hydrogen) atoms. The number of anilines is 2. The van der Waals surface area contributed by atoms with Gasteiger partial charge in [0.05, 0.1) is 5.52 Å². The Morgan fingerprint density at radius 3 is 2.79 bits per heavy atom. The Labute approximate surface area is 140 Å². The van der Waals surface area contributed by atoms with E-state index >= 15 is 0 Å². The summed E-state index contributed by atoms with van der Waals surface area (Å²) in [5, 5.41) is 0.874. The summed E-state index contributed by atoms with van der Waals surface area (Å²) in [7, 11) is 0. The number of benzene rings is 2. The highest BCUT2D eigenvalue weighted by Gasteiger charge is 2.30. The number of aromatic nitrogens is 2. The molecule has 0 aliphatic carbocycles. The highest BCUT2D eigenvalue weighted by Crippen LogP contribution is 2.28. The standard InChI is InChI=1S/C19H18N4O/c20-19-16-9-13(6-7-17(16)21-12-22-19)8-14-10-18(24)23(11-14)15-4-2-1-3-5-15/h1-7,9,12,14H,8,10-11H2,(H2,20,21,22). The maximum Gasteiger partial charge on any atom is 0.227 e. The van der Waals surface area contributed by atoms with Gasteiger partial charge in [-0.3, -0.25) is 4.79 Å². The van der Waals surface area contributed by atoms with Gasteiger partial charge in [0.2, 0.25) is 5.91 Å². The van der Waals surface area contributed by atoms with Crippen molar-refractivity contribution in [2.24, 2.45) is 5.92 Å². The van der Waals surface area contributed by atoms with E-state index in [1.165, 1.54) is 6.33 Å². The Morgan fingerprint density at radius 2 is 1.96 bits per heavy atom. The van der Waals surface area contributed by atoms with Crippen molar-refractivity contribution in [3.05, 3.63) is 60.4 Å². The summed E-state index contributed by atoms with van der Waals surface area (Å²) < 4.78 is 0. The molecule has 1 aliphatic heterocycles. The molecular weight excluding hydrogens is 300 g/mol. The molecule has 3 aromatic rings. The SMILES string of the molecule is Nc1ncnc2ccc(CC3CC(=O)N(c4ccccc4)C3)cc12. The summed E-state index contributed by atoms with van der Waals surface area (Å²) in [5.74, 6) is 0.992. The van der Waals surface area contributed by atoms with Gasteiger partial charge in [-0.15, -0.1) is 0 Å². The van der Waals surface area contributed by atoms with Crippen LogP contribution in [0.3, 0.4) is 0 Å². The van der Waals surface area contributed by atoms with Gasteiger partial charge in [-0.25, -0.2) is 9.97 Å². The van der Waals surface area contributed by atoms with E-state index < -0.39 is 0 Å². The molecule has 1 aliphatic rings. The van der Waals surface area contributed by atoms with Gasteiger partial charge < -0.3 is 10.6 Å². The summed E-state index contributed by atoms with van der Waals surface area (Å²) >= 11 is 0. The van der Waals surface area contributed by atoms with Crippen LogP contribution in [0.4, 0.5) is 11.5 Å². The topological polar surface area (TPSA) is 72.1 Å². The third-order valence-corrected chi connectivity index (χ3v) is 4.53. The van der Waals surface area contributed by atoms with Crippen molar-refractivity contribution < 1.29 is 4.79 Å². The molecule has 1 amide bonds. The number of nitrogens with two attached hydrogens (primary N) is 1. The Hall–Kier alpha value is -2.95. The average molecular weight is 318 g/mol. The first-order valence-electron chi connectivity index (χ1n) is 8.05. The van der Waals surface area contributed by atoms with Gasteiger partial charge in [0, 0.05) is 24.0 Å². The molecule has 2 aromatic carbocycles. The minimum Gasteiger partial charge on any atom is -0.383 e. The van der Waals surface area contributed by atoms with Crippen molar-refractivity contribution in [1.82, 2.24) is 9.97 Å². The number of nitrogen functional groups attached to an aromatic ring is 1. The molecule has 2 heterocycles. The minimum absolute atomic E-state index is 0.190. The van der Waals surface area contributed by atoms with Crippen molar-refractivity contribution in [2.45, 2.75) is 12.8 Å². The van der Waals surface area contributed by atoms with Gasteiger partial charge in [0.1, 0.15) is 12.1 Å². The summed E-state index contributed by atoms with van der Waals surface area (Å²) in [4.78, 5) is 22.5. The summed E-state index contributed by atoms with van der Waals surface area (Å²) in [6.45, 7) is 0.752. The Kier molecular flexibility index (Phi) is 3.61. The molecule has 120 valence electrons. The van der Waals surface area contributed by atoms with Crippen LogP contribution < -0.4 is 10.6 Å². The van der Waals surface area contributed by atoms with Crippen LogP contribution in [0.15, 0.2) is 54.9 Å². The number of para-hydroxylation sites is 1. The molecule has 0 saturated carbocycles. The number of rotatable bonds is 3. The second-order valence-electron chi connectivity index (χ2n) is 6.22. The van der Waals surface area contributed by atoms with Crippen molar-refractivity contribution in [3.8, 4) is 0 Å². The maximum absolute atomic E-state index is 12.3. The molecular formula is C19H18N4O. The van der Waals surface area contributed by atoms with Gasteiger partial charge in [-0.05, 0) is 42.2 Å². The first-order chi connectivity index (χ1) is 11.7. The summed E-state index contributed by atoms with van der Waals surface area (Å²) in [5.41, 5.74) is 8.92. The lowest BCUT2D eigenvalue weighted by Gasteiger charge is -2.16. The second kappa shape index (κ2) is 5.92. The van der Waals surface area contributed by atoms with E-state index in [-0.39, 0.29) is 5.91 Å². The van der Waals surface area contributed by atoms with Crippen LogP contribution in [0, 0.1) is 5.92 Å². The van der Waals surface area contributed by atoms with E-state index in [1.54, 1.807) is 0 Å². The lowest BCUT2D eigenvalue weighted by Crippen LogP contribution is -2.24. The summed E-state index contributed by atoms with van der Waals surface area (Å²) in [6.07, 6.45) is 2.90. The number of nitrogens with zero attached hydrogens (tertiary/aromatic N) is 3. The fraction of sp³-hybridized carbons (Fsp3) is 0.211. The normalized spacial score (nSPS) is 17.6. The quantitative estimate of drug-likeness (QED) is 0.806. The molecule has 1 fully saturated rings. The van der Waals surface area contributed by atoms with E-state index in [9.17, 15) is 4.79 Å². The zero-order valence-corrected chi connectivity index (χ0v) is 13.2. The predicted octanol–water partition coefficient (Wildman–Crippen LogP) is 2.81. The minimum atomic E-state index is 0.190. The van der Waals surface area contributed by atoms with Crippen LogP contribution in [-0.4, -0.2) is 22.4 Å². The van der Waals surface area contributed by atoms with Gasteiger partial charge in [-0.2, -0.15) is 0 Å². The van der Waals surface area contributed by atoms with Crippen LogP contribution in [-0.2, 0) is 11.2 Å². The fourth-order valence-electron chi connectivity index (χ4n) is 3.36. The van der Waals surface area contributed by atoms with Gasteiger partial charge in [0.25, 0.3) is 0 Å². The lowest BCUT2D eigenvalue weighted by atomic mass is 9.97. The third-order valence-electron chi connectivity index (χ3n) is 4.53. The van der Waals surface area contributed by atoms with E-state index in [2.05, 4.69) is 16.0 Å². The monoisotopic (exact) mass is 318 g/mol. The maximum atomic E-state index is 12.3. The zero-order valence-electron chi connectivity index (χ0n) is 13.2. The van der Waals surface area contributed by atoms with Crippen molar-refractivity contribution in [1.29, 1.82) is 0 Å². The highest BCUT2D eigenvalue weighted by molar-refractivity contribution is 5.95. The van der Waals surface area contributed by atoms with E-state index in [0.29, 0.717) is 18.2 Å². The van der Waals surface area contributed by atoms with Crippen molar-refractivity contribution in [3.63, 3.8) is 0 Å². The Bertz CT molecular complexity index is 894. The third kappa shape index (κ3) is 2.69. The predicted molar refractivity (Wildman–Crippen MR) is 94.6 cm³/mol. The highest BCUT2D eigenvalue weighted by atomic mass is 16.2. The molecule has 1 aromatic heterocycles. The average Bonchev–Trinajstić information content (AvgIpc) is 2.97. The molecule has 1 saturated heterocycles. The first kappa shape index (κ1) is 14.6. The second-order valence-corrected chi connectivity index (χ2v) is 6.22. The Balaban J connectivity index is 1.54. The van der Waals surface area contributed by atoms with E-state index in [4.69, 9.17) is 5.73 Å². The van der Waals surface area contributed by atoms with Crippen LogP contribution in [0.2, 0.25) is 0 Å². The van der Waals surface area contributed by atoms with Crippen LogP contribution in [0.25, 0.3) is 10.9 Å². The lowest BCUT2D eigenvalue weighted by molar-refractivity contribution is -0.117. The van der Waals surface area contributed by atoms with Gasteiger partial charge in [-0.1, -0.05) is 24.3 Å². The zero-order chi connectivity index (χ0) is 16.5. The van der Waals surface area contributed by atoms with Gasteiger partial charge >= 0.3 is 0 Å².